The highest BCUT2D eigenvalue weighted by atomic mass is 16.2. The van der Waals surface area contributed by atoms with Gasteiger partial charge in [0.05, 0.1) is 17.4 Å². The maximum absolute atomic E-state index is 14.6. The summed E-state index contributed by atoms with van der Waals surface area (Å²) in [6.07, 6.45) is 1.18. The zero-order valence-electron chi connectivity index (χ0n) is 20.5. The number of barbiturate groups is 1. The smallest absolute Gasteiger partial charge is 0.342 e. The summed E-state index contributed by atoms with van der Waals surface area (Å²) in [5.74, 6) is -0.354. The van der Waals surface area contributed by atoms with Crippen molar-refractivity contribution < 1.29 is 14.4 Å². The third-order valence-electron chi connectivity index (χ3n) is 8.01. The first-order valence-electron chi connectivity index (χ1n) is 12.6. The molecule has 0 unspecified atom stereocenters. The molecule has 6 nitrogen and oxygen atoms in total. The van der Waals surface area contributed by atoms with Crippen LogP contribution in [0.1, 0.15) is 25.8 Å². The number of carbonyl (C=O) groups excluding carboxylic acids is 3. The van der Waals surface area contributed by atoms with Crippen molar-refractivity contribution in [2.24, 2.45) is 17.3 Å². The molecule has 3 aromatic carbocycles. The van der Waals surface area contributed by atoms with Crippen LogP contribution in [0.2, 0.25) is 0 Å². The molecular weight excluding hydrogens is 450 g/mol. The molecule has 36 heavy (non-hydrogen) atoms. The summed E-state index contributed by atoms with van der Waals surface area (Å²) in [5.41, 5.74) is 1.58. The molecule has 2 fully saturated rings. The third-order valence-corrected chi connectivity index (χ3v) is 8.01. The monoisotopic (exact) mass is 479 g/mol. The minimum absolute atomic E-state index is 0.0819. The van der Waals surface area contributed by atoms with E-state index >= 15 is 0 Å². The third kappa shape index (κ3) is 3.13. The Hall–Kier alpha value is -3.93. The Morgan fingerprint density at radius 3 is 1.83 bits per heavy atom. The van der Waals surface area contributed by atoms with Crippen LogP contribution in [0.3, 0.4) is 0 Å². The Morgan fingerprint density at radius 1 is 0.722 bits per heavy atom. The highest BCUT2D eigenvalue weighted by Gasteiger charge is 2.66. The number of carbonyl (C=O) groups is 3. The molecule has 3 aliphatic rings. The fourth-order valence-corrected chi connectivity index (χ4v) is 6.72. The highest BCUT2D eigenvalue weighted by molar-refractivity contribution is 6.39. The molecule has 0 bridgehead atoms. The number of para-hydroxylation sites is 3. The first-order valence-corrected chi connectivity index (χ1v) is 12.6. The highest BCUT2D eigenvalue weighted by Crippen LogP contribution is 2.52. The molecule has 0 aromatic heterocycles. The fraction of sp³-hybridized carbons (Fsp3) is 0.300. The van der Waals surface area contributed by atoms with Gasteiger partial charge < -0.3 is 4.90 Å². The minimum Gasteiger partial charge on any atom is -0.366 e. The van der Waals surface area contributed by atoms with Gasteiger partial charge in [0.1, 0.15) is 0 Å². The summed E-state index contributed by atoms with van der Waals surface area (Å²) in [5, 5.41) is 0. The maximum Gasteiger partial charge on any atom is 0.342 e. The minimum atomic E-state index is -1.42. The second-order valence-electron chi connectivity index (χ2n) is 10.4. The van der Waals surface area contributed by atoms with Gasteiger partial charge in [0, 0.05) is 12.2 Å². The van der Waals surface area contributed by atoms with Crippen molar-refractivity contribution in [1.82, 2.24) is 0 Å². The largest absolute Gasteiger partial charge is 0.366 e. The molecule has 2 saturated heterocycles. The molecule has 0 aliphatic carbocycles. The van der Waals surface area contributed by atoms with E-state index in [1.807, 2.05) is 30.3 Å². The Balaban J connectivity index is 1.61. The number of imide groups is 2. The van der Waals surface area contributed by atoms with Crippen LogP contribution >= 0.6 is 0 Å². The van der Waals surface area contributed by atoms with E-state index in [4.69, 9.17) is 0 Å². The number of rotatable bonds is 2. The average molecular weight is 480 g/mol. The van der Waals surface area contributed by atoms with Gasteiger partial charge in [-0.2, -0.15) is 0 Å². The topological polar surface area (TPSA) is 60.9 Å². The van der Waals surface area contributed by atoms with E-state index in [-0.39, 0.29) is 18.4 Å². The van der Waals surface area contributed by atoms with E-state index in [1.54, 1.807) is 48.5 Å². The van der Waals surface area contributed by atoms with Gasteiger partial charge in [-0.25, -0.2) is 14.6 Å². The van der Waals surface area contributed by atoms with Crippen LogP contribution in [0.5, 0.6) is 0 Å². The maximum atomic E-state index is 14.6. The van der Waals surface area contributed by atoms with Crippen LogP contribution in [-0.2, 0) is 16.0 Å². The Morgan fingerprint density at radius 2 is 1.25 bits per heavy atom. The van der Waals surface area contributed by atoms with E-state index in [9.17, 15) is 14.4 Å². The van der Waals surface area contributed by atoms with Gasteiger partial charge in [0.15, 0.2) is 5.41 Å². The number of anilines is 3. The van der Waals surface area contributed by atoms with E-state index in [0.717, 1.165) is 24.2 Å². The van der Waals surface area contributed by atoms with Crippen LogP contribution in [-0.4, -0.2) is 30.4 Å². The van der Waals surface area contributed by atoms with Crippen LogP contribution in [0.4, 0.5) is 21.9 Å². The summed E-state index contributed by atoms with van der Waals surface area (Å²) < 4.78 is 0. The second-order valence-corrected chi connectivity index (χ2v) is 10.4. The van der Waals surface area contributed by atoms with Gasteiger partial charge >= 0.3 is 6.03 Å². The Bertz CT molecular complexity index is 1280. The van der Waals surface area contributed by atoms with Crippen LogP contribution < -0.4 is 14.7 Å². The molecule has 6 rings (SSSR count). The van der Waals surface area contributed by atoms with Crippen LogP contribution in [0.25, 0.3) is 0 Å². The van der Waals surface area contributed by atoms with Gasteiger partial charge in [-0.1, -0.05) is 68.4 Å². The standard InChI is InChI=1S/C30H29N3O3/c1-20-17-21(2)26-30(18-22-11-9-10-16-25(22)31(26)19-20)27(34)32(23-12-5-3-6-13-23)29(36)33(28(30)35)24-14-7-4-8-15-24/h3-16,20-21,26H,17-19H2,1-2H3/t20-,21+,26+/m1/s1. The van der Waals surface area contributed by atoms with Gasteiger partial charge in [-0.05, 0) is 60.6 Å². The van der Waals surface area contributed by atoms with Crippen molar-refractivity contribution in [2.45, 2.75) is 32.7 Å². The molecule has 0 radical (unpaired) electrons. The number of piperidine rings is 1. The van der Waals surface area contributed by atoms with E-state index in [1.165, 1.54) is 9.80 Å². The van der Waals surface area contributed by atoms with Crippen molar-refractivity contribution >= 4 is 34.9 Å². The van der Waals surface area contributed by atoms with E-state index < -0.39 is 23.3 Å². The van der Waals surface area contributed by atoms with Crippen molar-refractivity contribution in [3.63, 3.8) is 0 Å². The van der Waals surface area contributed by atoms with Crippen LogP contribution in [0.15, 0.2) is 84.9 Å². The molecular formula is C30H29N3O3. The SMILES string of the molecule is C[C@@H]1C[C@H](C)[C@@H]2N(C1)c1ccccc1CC21C(=O)N(c2ccccc2)C(=O)N(c2ccccc2)C1=O. The lowest BCUT2D eigenvalue weighted by Crippen LogP contribution is -2.75. The molecule has 3 aromatic rings. The van der Waals surface area contributed by atoms with Gasteiger partial charge in [-0.3, -0.25) is 9.59 Å². The fourth-order valence-electron chi connectivity index (χ4n) is 6.72. The van der Waals surface area contributed by atoms with Crippen molar-refractivity contribution in [3.8, 4) is 0 Å². The normalized spacial score (nSPS) is 25.1. The molecule has 3 heterocycles. The number of benzene rings is 3. The summed E-state index contributed by atoms with van der Waals surface area (Å²) in [4.78, 5) is 47.9. The van der Waals surface area contributed by atoms with Crippen molar-refractivity contribution in [3.05, 3.63) is 90.5 Å². The van der Waals surface area contributed by atoms with Crippen LogP contribution in [0, 0.1) is 17.3 Å². The number of nitrogens with zero attached hydrogens (tertiary/aromatic N) is 3. The Kier molecular flexibility index (Phi) is 5.21. The lowest BCUT2D eigenvalue weighted by Gasteiger charge is -2.58. The number of urea groups is 1. The van der Waals surface area contributed by atoms with E-state index in [0.29, 0.717) is 17.3 Å². The molecule has 0 N–H and O–H groups in total. The lowest BCUT2D eigenvalue weighted by atomic mass is 9.62. The summed E-state index contributed by atoms with van der Waals surface area (Å²) in [6, 6.07) is 25.0. The quantitative estimate of drug-likeness (QED) is 0.469. The van der Waals surface area contributed by atoms with Gasteiger partial charge in [0.2, 0.25) is 0 Å². The number of hydrogen-bond donors (Lipinski definition) is 0. The molecule has 4 amide bonds. The van der Waals surface area contributed by atoms with Gasteiger partial charge in [-0.15, -0.1) is 0 Å². The predicted octanol–water partition coefficient (Wildman–Crippen LogP) is 5.28. The predicted molar refractivity (Wildman–Crippen MR) is 140 cm³/mol. The molecule has 1 spiro atoms. The van der Waals surface area contributed by atoms with E-state index in [2.05, 4.69) is 24.8 Å². The Labute approximate surface area is 211 Å². The molecule has 3 atom stereocenters. The number of amides is 4. The molecule has 6 heteroatoms. The second kappa shape index (κ2) is 8.33. The zero-order valence-corrected chi connectivity index (χ0v) is 20.5. The summed E-state index contributed by atoms with van der Waals surface area (Å²) in [6.45, 7) is 5.12. The number of fused-ring (bicyclic) bond motifs is 4. The lowest BCUT2D eigenvalue weighted by molar-refractivity contribution is -0.144. The molecule has 3 aliphatic heterocycles. The first-order chi connectivity index (χ1) is 17.4. The first kappa shape index (κ1) is 22.5. The average Bonchev–Trinajstić information content (AvgIpc) is 2.88. The molecule has 182 valence electrons. The van der Waals surface area contributed by atoms with Crippen molar-refractivity contribution in [1.29, 1.82) is 0 Å². The van der Waals surface area contributed by atoms with Crippen molar-refractivity contribution in [2.75, 3.05) is 21.2 Å². The zero-order chi connectivity index (χ0) is 25.0. The number of hydrogen-bond acceptors (Lipinski definition) is 4. The van der Waals surface area contributed by atoms with Gasteiger partial charge in [0.25, 0.3) is 11.8 Å². The summed E-state index contributed by atoms with van der Waals surface area (Å²) >= 11 is 0. The summed E-state index contributed by atoms with van der Waals surface area (Å²) in [7, 11) is 0. The molecule has 0 saturated carbocycles.